The Morgan fingerprint density at radius 2 is 2.53 bits per heavy atom. The number of likely N-dealkylation sites (N-methyl/N-ethyl adjacent to an activating group) is 1. The Hall–Kier alpha value is -0.380. The summed E-state index contributed by atoms with van der Waals surface area (Å²) in [5.41, 5.74) is 0. The Morgan fingerprint density at radius 1 is 1.60 bits per heavy atom. The van der Waals surface area contributed by atoms with Crippen LogP contribution in [0, 0.1) is 0 Å². The summed E-state index contributed by atoms with van der Waals surface area (Å²) in [6.45, 7) is 6.46. The quantitative estimate of drug-likeness (QED) is 0.764. The fraction of sp³-hybridized carbons (Fsp3) is 0.667. The number of rotatable bonds is 5. The van der Waals surface area contributed by atoms with E-state index < -0.39 is 0 Å². The second-order valence-electron chi connectivity index (χ2n) is 4.04. The van der Waals surface area contributed by atoms with Crippen LogP contribution >= 0.6 is 11.3 Å². The molecule has 15 heavy (non-hydrogen) atoms. The van der Waals surface area contributed by atoms with Crippen molar-refractivity contribution in [2.24, 2.45) is 0 Å². The molecular formula is C12H19NOS. The smallest absolute Gasteiger partial charge is 0.0702 e. The normalized spacial score (nSPS) is 21.3. The molecule has 0 saturated carbocycles. The van der Waals surface area contributed by atoms with Crippen molar-refractivity contribution in [1.29, 1.82) is 0 Å². The second-order valence-corrected chi connectivity index (χ2v) is 5.07. The van der Waals surface area contributed by atoms with Gasteiger partial charge in [-0.1, -0.05) is 13.0 Å². The van der Waals surface area contributed by atoms with Crippen molar-refractivity contribution in [2.75, 3.05) is 19.7 Å². The third kappa shape index (κ3) is 3.30. The summed E-state index contributed by atoms with van der Waals surface area (Å²) < 4.78 is 5.67. The van der Waals surface area contributed by atoms with E-state index in [1.807, 2.05) is 11.3 Å². The van der Waals surface area contributed by atoms with Gasteiger partial charge in [-0.3, -0.25) is 4.90 Å². The Kier molecular flexibility index (Phi) is 4.18. The highest BCUT2D eigenvalue weighted by Gasteiger charge is 2.18. The highest BCUT2D eigenvalue weighted by Crippen LogP contribution is 2.16. The molecule has 2 nitrogen and oxygen atoms in total. The lowest BCUT2D eigenvalue weighted by Gasteiger charge is -2.22. The molecule has 1 fully saturated rings. The molecule has 0 radical (unpaired) electrons. The van der Waals surface area contributed by atoms with Gasteiger partial charge in [0.1, 0.15) is 0 Å². The van der Waals surface area contributed by atoms with Crippen molar-refractivity contribution in [3.05, 3.63) is 22.4 Å². The molecule has 1 unspecified atom stereocenters. The fourth-order valence-corrected chi connectivity index (χ4v) is 2.75. The zero-order valence-corrected chi connectivity index (χ0v) is 10.1. The van der Waals surface area contributed by atoms with Gasteiger partial charge >= 0.3 is 0 Å². The lowest BCUT2D eigenvalue weighted by atomic mass is 10.2. The maximum Gasteiger partial charge on any atom is 0.0702 e. The molecule has 0 aromatic carbocycles. The molecule has 0 aliphatic carbocycles. The van der Waals surface area contributed by atoms with Gasteiger partial charge in [-0.2, -0.15) is 0 Å². The first-order chi connectivity index (χ1) is 7.38. The Morgan fingerprint density at radius 3 is 3.13 bits per heavy atom. The number of hydrogen-bond acceptors (Lipinski definition) is 3. The van der Waals surface area contributed by atoms with Crippen LogP contribution in [-0.2, 0) is 11.3 Å². The van der Waals surface area contributed by atoms with Crippen molar-refractivity contribution < 1.29 is 4.74 Å². The van der Waals surface area contributed by atoms with Crippen LogP contribution in [0.25, 0.3) is 0 Å². The molecule has 0 N–H and O–H groups in total. The van der Waals surface area contributed by atoms with Crippen LogP contribution in [-0.4, -0.2) is 30.7 Å². The van der Waals surface area contributed by atoms with Gasteiger partial charge in [-0.25, -0.2) is 0 Å². The van der Waals surface area contributed by atoms with Crippen molar-refractivity contribution in [2.45, 2.75) is 32.4 Å². The topological polar surface area (TPSA) is 12.5 Å². The van der Waals surface area contributed by atoms with Crippen LogP contribution in [0.3, 0.4) is 0 Å². The van der Waals surface area contributed by atoms with Gasteiger partial charge in [-0.05, 0) is 30.8 Å². The van der Waals surface area contributed by atoms with E-state index in [0.717, 1.165) is 26.2 Å². The van der Waals surface area contributed by atoms with E-state index >= 15 is 0 Å². The molecular weight excluding hydrogens is 206 g/mol. The van der Waals surface area contributed by atoms with E-state index in [0.29, 0.717) is 6.10 Å². The van der Waals surface area contributed by atoms with Crippen LogP contribution in [0.1, 0.15) is 24.6 Å². The molecule has 2 rings (SSSR count). The molecule has 1 atom stereocenters. The summed E-state index contributed by atoms with van der Waals surface area (Å²) in [4.78, 5) is 3.93. The lowest BCUT2D eigenvalue weighted by molar-refractivity contribution is 0.0728. The van der Waals surface area contributed by atoms with Gasteiger partial charge < -0.3 is 4.74 Å². The van der Waals surface area contributed by atoms with Crippen LogP contribution in [0.15, 0.2) is 17.5 Å². The van der Waals surface area contributed by atoms with Crippen LogP contribution < -0.4 is 0 Å². The van der Waals surface area contributed by atoms with Gasteiger partial charge in [0, 0.05) is 24.6 Å². The molecule has 2 heterocycles. The molecule has 1 aromatic rings. The third-order valence-corrected chi connectivity index (χ3v) is 3.75. The van der Waals surface area contributed by atoms with Gasteiger partial charge in [0.2, 0.25) is 0 Å². The van der Waals surface area contributed by atoms with Crippen molar-refractivity contribution in [1.82, 2.24) is 4.90 Å². The van der Waals surface area contributed by atoms with Crippen molar-refractivity contribution in [3.8, 4) is 0 Å². The monoisotopic (exact) mass is 225 g/mol. The average molecular weight is 225 g/mol. The molecule has 3 heteroatoms. The van der Waals surface area contributed by atoms with Gasteiger partial charge in [0.05, 0.1) is 6.10 Å². The molecule has 1 aliphatic rings. The second kappa shape index (κ2) is 5.64. The molecule has 0 bridgehead atoms. The van der Waals surface area contributed by atoms with Crippen molar-refractivity contribution >= 4 is 11.3 Å². The zero-order chi connectivity index (χ0) is 10.5. The fourth-order valence-electron chi connectivity index (χ4n) is 2.00. The SMILES string of the molecule is CCN(Cc1cccs1)CC1CCCO1. The standard InChI is InChI=1S/C12H19NOS/c1-2-13(9-11-5-3-7-14-11)10-12-6-4-8-15-12/h4,6,8,11H,2-3,5,7,9-10H2,1H3. The molecule has 84 valence electrons. The summed E-state index contributed by atoms with van der Waals surface area (Å²) in [6.07, 6.45) is 2.95. The van der Waals surface area contributed by atoms with Crippen LogP contribution in [0.2, 0.25) is 0 Å². The van der Waals surface area contributed by atoms with E-state index in [1.165, 1.54) is 17.7 Å². The summed E-state index contributed by atoms with van der Waals surface area (Å²) in [5.74, 6) is 0. The van der Waals surface area contributed by atoms with E-state index in [9.17, 15) is 0 Å². The maximum atomic E-state index is 5.67. The Labute approximate surface area is 95.9 Å². The highest BCUT2D eigenvalue weighted by atomic mass is 32.1. The molecule has 1 aromatic heterocycles. The van der Waals surface area contributed by atoms with E-state index in [2.05, 4.69) is 29.3 Å². The van der Waals surface area contributed by atoms with E-state index in [-0.39, 0.29) is 0 Å². The largest absolute Gasteiger partial charge is 0.377 e. The van der Waals surface area contributed by atoms with E-state index in [4.69, 9.17) is 4.74 Å². The van der Waals surface area contributed by atoms with Crippen LogP contribution in [0.4, 0.5) is 0 Å². The average Bonchev–Trinajstić information content (AvgIpc) is 2.89. The molecule has 0 spiro atoms. The summed E-state index contributed by atoms with van der Waals surface area (Å²) in [6, 6.07) is 4.34. The number of ether oxygens (including phenoxy) is 1. The predicted octanol–water partition coefficient (Wildman–Crippen LogP) is 2.75. The molecule has 1 saturated heterocycles. The first-order valence-electron chi connectivity index (χ1n) is 5.75. The third-order valence-electron chi connectivity index (χ3n) is 2.89. The summed E-state index contributed by atoms with van der Waals surface area (Å²) in [5, 5.41) is 2.15. The Bertz CT molecular complexity index is 267. The summed E-state index contributed by atoms with van der Waals surface area (Å²) in [7, 11) is 0. The molecule has 0 amide bonds. The van der Waals surface area contributed by atoms with Gasteiger partial charge in [-0.15, -0.1) is 11.3 Å². The number of nitrogens with zero attached hydrogens (tertiary/aromatic N) is 1. The first-order valence-corrected chi connectivity index (χ1v) is 6.63. The van der Waals surface area contributed by atoms with Crippen LogP contribution in [0.5, 0.6) is 0 Å². The summed E-state index contributed by atoms with van der Waals surface area (Å²) >= 11 is 1.84. The van der Waals surface area contributed by atoms with Gasteiger partial charge in [0.25, 0.3) is 0 Å². The minimum atomic E-state index is 0.477. The van der Waals surface area contributed by atoms with Gasteiger partial charge in [0.15, 0.2) is 0 Å². The lowest BCUT2D eigenvalue weighted by Crippen LogP contribution is -2.31. The van der Waals surface area contributed by atoms with Crippen molar-refractivity contribution in [3.63, 3.8) is 0 Å². The number of hydrogen-bond donors (Lipinski definition) is 0. The zero-order valence-electron chi connectivity index (χ0n) is 9.32. The Balaban J connectivity index is 1.81. The first kappa shape index (κ1) is 11.1. The predicted molar refractivity (Wildman–Crippen MR) is 64.2 cm³/mol. The van der Waals surface area contributed by atoms with E-state index in [1.54, 1.807) is 0 Å². The minimum Gasteiger partial charge on any atom is -0.377 e. The molecule has 1 aliphatic heterocycles. The maximum absolute atomic E-state index is 5.67. The highest BCUT2D eigenvalue weighted by molar-refractivity contribution is 7.09. The number of thiophene rings is 1. The minimum absolute atomic E-state index is 0.477.